The van der Waals surface area contributed by atoms with E-state index in [2.05, 4.69) is 20.1 Å². The zero-order valence-corrected chi connectivity index (χ0v) is 13.5. The average molecular weight is 334 g/mol. The Balaban J connectivity index is 1.53. The lowest BCUT2D eigenvalue weighted by Crippen LogP contribution is -2.32. The molecule has 2 atom stereocenters. The van der Waals surface area contributed by atoms with Crippen molar-refractivity contribution >= 4 is 6.08 Å². The minimum Gasteiger partial charge on any atom is -0.376 e. The number of aromatic nitrogens is 3. The SMILES string of the molecule is CN(C/C=C/c1ccc(F)cc1F)C[C@H]1OCC[C@H]1c1ncn[nH]1. The highest BCUT2D eigenvalue weighted by Crippen LogP contribution is 2.29. The van der Waals surface area contributed by atoms with Gasteiger partial charge in [0.15, 0.2) is 0 Å². The second-order valence-corrected chi connectivity index (χ2v) is 5.96. The van der Waals surface area contributed by atoms with E-state index in [1.54, 1.807) is 6.08 Å². The van der Waals surface area contributed by atoms with Crippen molar-refractivity contribution in [3.05, 3.63) is 53.6 Å². The van der Waals surface area contributed by atoms with Gasteiger partial charge in [0.25, 0.3) is 0 Å². The molecule has 128 valence electrons. The molecule has 1 N–H and O–H groups in total. The van der Waals surface area contributed by atoms with Gasteiger partial charge in [0.1, 0.15) is 23.8 Å². The van der Waals surface area contributed by atoms with Crippen LogP contribution in [0.2, 0.25) is 0 Å². The Bertz CT molecular complexity index is 690. The van der Waals surface area contributed by atoms with E-state index in [1.807, 2.05) is 13.1 Å². The van der Waals surface area contributed by atoms with E-state index in [-0.39, 0.29) is 12.0 Å². The molecule has 3 rings (SSSR count). The zero-order valence-electron chi connectivity index (χ0n) is 13.5. The monoisotopic (exact) mass is 334 g/mol. The van der Waals surface area contributed by atoms with Gasteiger partial charge in [-0.1, -0.05) is 12.2 Å². The molecule has 5 nitrogen and oxygen atoms in total. The lowest BCUT2D eigenvalue weighted by Gasteiger charge is -2.22. The average Bonchev–Trinajstić information content (AvgIpc) is 3.20. The Morgan fingerprint density at radius 1 is 1.42 bits per heavy atom. The zero-order chi connectivity index (χ0) is 16.9. The molecule has 1 aromatic heterocycles. The summed E-state index contributed by atoms with van der Waals surface area (Å²) in [6, 6.07) is 3.57. The van der Waals surface area contributed by atoms with Gasteiger partial charge in [0.05, 0.1) is 6.10 Å². The van der Waals surface area contributed by atoms with Crippen LogP contribution in [0.5, 0.6) is 0 Å². The van der Waals surface area contributed by atoms with Crippen molar-refractivity contribution in [2.75, 3.05) is 26.7 Å². The molecule has 1 aliphatic heterocycles. The number of rotatable bonds is 6. The van der Waals surface area contributed by atoms with E-state index < -0.39 is 11.6 Å². The van der Waals surface area contributed by atoms with Crippen LogP contribution in [0.25, 0.3) is 6.08 Å². The van der Waals surface area contributed by atoms with Gasteiger partial charge < -0.3 is 9.64 Å². The highest BCUT2D eigenvalue weighted by atomic mass is 19.1. The number of ether oxygens (including phenoxy) is 1. The Morgan fingerprint density at radius 3 is 3.04 bits per heavy atom. The molecule has 1 aliphatic rings. The summed E-state index contributed by atoms with van der Waals surface area (Å²) in [5, 5.41) is 6.81. The van der Waals surface area contributed by atoms with Gasteiger partial charge in [0, 0.05) is 37.2 Å². The molecule has 0 unspecified atom stereocenters. The molecule has 2 heterocycles. The van der Waals surface area contributed by atoms with Crippen LogP contribution in [0.4, 0.5) is 8.78 Å². The molecule has 0 spiro atoms. The largest absolute Gasteiger partial charge is 0.376 e. The van der Waals surface area contributed by atoms with Crippen molar-refractivity contribution in [2.45, 2.75) is 18.4 Å². The number of benzene rings is 1. The van der Waals surface area contributed by atoms with Crippen LogP contribution >= 0.6 is 0 Å². The van der Waals surface area contributed by atoms with Crippen LogP contribution in [0.1, 0.15) is 23.7 Å². The fourth-order valence-electron chi connectivity index (χ4n) is 2.91. The van der Waals surface area contributed by atoms with Gasteiger partial charge >= 0.3 is 0 Å². The first kappa shape index (κ1) is 16.7. The van der Waals surface area contributed by atoms with Crippen molar-refractivity contribution < 1.29 is 13.5 Å². The second kappa shape index (κ2) is 7.63. The molecule has 0 saturated carbocycles. The Kier molecular flexibility index (Phi) is 5.32. The standard InChI is InChI=1S/C17H20F2N4O/c1-23(7-2-3-12-4-5-13(18)9-15(12)19)10-16-14(6-8-24-16)17-20-11-21-22-17/h2-5,9,11,14,16H,6-8,10H2,1H3,(H,20,21,22)/b3-2+/t14-,16-/m1/s1. The van der Waals surface area contributed by atoms with Gasteiger partial charge in [-0.3, -0.25) is 5.10 Å². The molecule has 1 aromatic carbocycles. The summed E-state index contributed by atoms with van der Waals surface area (Å²) in [6.07, 6.45) is 6.00. The molecule has 0 radical (unpaired) electrons. The summed E-state index contributed by atoms with van der Waals surface area (Å²) >= 11 is 0. The summed E-state index contributed by atoms with van der Waals surface area (Å²) < 4.78 is 32.3. The van der Waals surface area contributed by atoms with E-state index in [9.17, 15) is 8.78 Å². The normalized spacial score (nSPS) is 21.2. The van der Waals surface area contributed by atoms with E-state index >= 15 is 0 Å². The smallest absolute Gasteiger partial charge is 0.137 e. The predicted octanol–water partition coefficient (Wildman–Crippen LogP) is 2.60. The summed E-state index contributed by atoms with van der Waals surface area (Å²) in [6.45, 7) is 2.09. The van der Waals surface area contributed by atoms with Crippen molar-refractivity contribution in [3.63, 3.8) is 0 Å². The molecule has 2 aromatic rings. The second-order valence-electron chi connectivity index (χ2n) is 5.96. The maximum atomic E-state index is 13.6. The Labute approximate surface area is 139 Å². The van der Waals surface area contributed by atoms with Crippen molar-refractivity contribution in [1.82, 2.24) is 20.1 Å². The minimum atomic E-state index is -0.571. The Morgan fingerprint density at radius 2 is 2.29 bits per heavy atom. The summed E-state index contributed by atoms with van der Waals surface area (Å²) in [5.41, 5.74) is 0.376. The summed E-state index contributed by atoms with van der Waals surface area (Å²) in [4.78, 5) is 6.32. The molecule has 1 saturated heterocycles. The third kappa shape index (κ3) is 4.04. The molecule has 0 aliphatic carbocycles. The summed E-state index contributed by atoms with van der Waals surface area (Å²) in [5.74, 6) is -0.0553. The fraction of sp³-hybridized carbons (Fsp3) is 0.412. The van der Waals surface area contributed by atoms with Gasteiger partial charge in [-0.2, -0.15) is 5.10 Å². The number of likely N-dealkylation sites (N-methyl/N-ethyl adjacent to an activating group) is 1. The van der Waals surface area contributed by atoms with Crippen LogP contribution < -0.4 is 0 Å². The van der Waals surface area contributed by atoms with Gasteiger partial charge in [0.2, 0.25) is 0 Å². The number of nitrogens with one attached hydrogen (secondary N) is 1. The number of halogens is 2. The third-order valence-corrected chi connectivity index (χ3v) is 4.16. The molecule has 24 heavy (non-hydrogen) atoms. The maximum Gasteiger partial charge on any atom is 0.137 e. The van der Waals surface area contributed by atoms with Crippen LogP contribution in [-0.4, -0.2) is 52.9 Å². The number of hydrogen-bond acceptors (Lipinski definition) is 4. The van der Waals surface area contributed by atoms with E-state index in [1.165, 1.54) is 18.5 Å². The molecular formula is C17H20F2N4O. The number of aromatic amines is 1. The third-order valence-electron chi connectivity index (χ3n) is 4.16. The van der Waals surface area contributed by atoms with Crippen LogP contribution in [0.3, 0.4) is 0 Å². The van der Waals surface area contributed by atoms with Gasteiger partial charge in [-0.15, -0.1) is 0 Å². The number of hydrogen-bond donors (Lipinski definition) is 1. The fourth-order valence-corrected chi connectivity index (χ4v) is 2.91. The Hall–Kier alpha value is -2.12. The molecule has 0 bridgehead atoms. The van der Waals surface area contributed by atoms with Crippen molar-refractivity contribution in [2.24, 2.45) is 0 Å². The molecular weight excluding hydrogens is 314 g/mol. The first-order valence-corrected chi connectivity index (χ1v) is 7.90. The first-order chi connectivity index (χ1) is 11.6. The topological polar surface area (TPSA) is 54.0 Å². The highest BCUT2D eigenvalue weighted by Gasteiger charge is 2.32. The summed E-state index contributed by atoms with van der Waals surface area (Å²) in [7, 11) is 1.98. The molecule has 1 fully saturated rings. The number of nitrogens with zero attached hydrogens (tertiary/aromatic N) is 3. The van der Waals surface area contributed by atoms with Crippen LogP contribution in [0, 0.1) is 11.6 Å². The van der Waals surface area contributed by atoms with Crippen LogP contribution in [-0.2, 0) is 4.74 Å². The van der Waals surface area contributed by atoms with Crippen molar-refractivity contribution in [3.8, 4) is 0 Å². The number of H-pyrrole nitrogens is 1. The van der Waals surface area contributed by atoms with Crippen molar-refractivity contribution in [1.29, 1.82) is 0 Å². The van der Waals surface area contributed by atoms with E-state index in [0.717, 1.165) is 24.9 Å². The van der Waals surface area contributed by atoms with Gasteiger partial charge in [-0.25, -0.2) is 13.8 Å². The highest BCUT2D eigenvalue weighted by molar-refractivity contribution is 5.49. The predicted molar refractivity (Wildman–Crippen MR) is 86.4 cm³/mol. The quantitative estimate of drug-likeness (QED) is 0.882. The van der Waals surface area contributed by atoms with Gasteiger partial charge in [-0.05, 0) is 25.6 Å². The minimum absolute atomic E-state index is 0.0545. The van der Waals surface area contributed by atoms with E-state index in [0.29, 0.717) is 18.7 Å². The lowest BCUT2D eigenvalue weighted by molar-refractivity contribution is 0.0760. The maximum absolute atomic E-state index is 13.6. The lowest BCUT2D eigenvalue weighted by atomic mass is 10.0. The van der Waals surface area contributed by atoms with E-state index in [4.69, 9.17) is 4.74 Å². The van der Waals surface area contributed by atoms with Crippen LogP contribution in [0.15, 0.2) is 30.6 Å². The molecule has 7 heteroatoms. The first-order valence-electron chi connectivity index (χ1n) is 7.90. The molecule has 0 amide bonds.